The average Bonchev–Trinajstić information content (AvgIpc) is 2.63. The largest absolute Gasteiger partial charge is 0.392 e. The van der Waals surface area contributed by atoms with Crippen LogP contribution < -0.4 is 5.32 Å². The van der Waals surface area contributed by atoms with Gasteiger partial charge in [0.1, 0.15) is 0 Å². The zero-order valence-corrected chi connectivity index (χ0v) is 12.8. The van der Waals surface area contributed by atoms with Crippen LogP contribution in [0.4, 0.5) is 0 Å². The van der Waals surface area contributed by atoms with Crippen LogP contribution >= 0.6 is 0 Å². The van der Waals surface area contributed by atoms with Gasteiger partial charge in [0, 0.05) is 36.6 Å². The van der Waals surface area contributed by atoms with Crippen LogP contribution in [0.3, 0.4) is 0 Å². The van der Waals surface area contributed by atoms with Gasteiger partial charge >= 0.3 is 0 Å². The molecule has 0 bridgehead atoms. The first kappa shape index (κ1) is 15.3. The van der Waals surface area contributed by atoms with Gasteiger partial charge in [-0.3, -0.25) is 0 Å². The summed E-state index contributed by atoms with van der Waals surface area (Å²) < 4.78 is 0. The van der Waals surface area contributed by atoms with Crippen LogP contribution in [0.2, 0.25) is 0 Å². The van der Waals surface area contributed by atoms with Crippen molar-refractivity contribution in [3.63, 3.8) is 0 Å². The maximum absolute atomic E-state index is 9.33. The van der Waals surface area contributed by atoms with E-state index >= 15 is 0 Å². The molecule has 0 aliphatic carbocycles. The smallest absolute Gasteiger partial charge is 0.159 e. The molecule has 0 saturated carbocycles. The molecule has 0 radical (unpaired) electrons. The Labute approximate surface area is 135 Å². The second-order valence-corrected chi connectivity index (χ2v) is 5.31. The van der Waals surface area contributed by atoms with Crippen molar-refractivity contribution in [1.82, 2.24) is 15.3 Å². The number of aliphatic hydroxyl groups is 1. The zero-order chi connectivity index (χ0) is 15.9. The topological polar surface area (TPSA) is 58.0 Å². The van der Waals surface area contributed by atoms with Crippen molar-refractivity contribution in [2.75, 3.05) is 0 Å². The second kappa shape index (κ2) is 7.63. The van der Waals surface area contributed by atoms with Crippen molar-refractivity contribution < 1.29 is 5.11 Å². The molecule has 23 heavy (non-hydrogen) atoms. The lowest BCUT2D eigenvalue weighted by atomic mass is 10.1. The number of aromatic nitrogens is 2. The highest BCUT2D eigenvalue weighted by Gasteiger charge is 2.02. The van der Waals surface area contributed by atoms with Crippen molar-refractivity contribution in [2.45, 2.75) is 19.7 Å². The normalized spacial score (nSPS) is 10.7. The lowest BCUT2D eigenvalue weighted by Crippen LogP contribution is -2.14. The van der Waals surface area contributed by atoms with Crippen molar-refractivity contribution in [3.05, 3.63) is 83.7 Å². The first-order valence-electron chi connectivity index (χ1n) is 7.61. The molecule has 1 aromatic heterocycles. The van der Waals surface area contributed by atoms with Crippen molar-refractivity contribution >= 4 is 0 Å². The number of hydrogen-bond acceptors (Lipinski definition) is 4. The minimum Gasteiger partial charge on any atom is -0.392 e. The van der Waals surface area contributed by atoms with E-state index in [-0.39, 0.29) is 6.61 Å². The van der Waals surface area contributed by atoms with E-state index in [9.17, 15) is 5.11 Å². The molecule has 3 aromatic rings. The summed E-state index contributed by atoms with van der Waals surface area (Å²) in [7, 11) is 0. The van der Waals surface area contributed by atoms with E-state index in [1.165, 1.54) is 0 Å². The van der Waals surface area contributed by atoms with Crippen molar-refractivity contribution in [2.24, 2.45) is 0 Å². The van der Waals surface area contributed by atoms with Crippen molar-refractivity contribution in [1.29, 1.82) is 0 Å². The minimum absolute atomic E-state index is 0.0622. The molecule has 0 aliphatic rings. The fourth-order valence-electron chi connectivity index (χ4n) is 2.41. The van der Waals surface area contributed by atoms with Crippen LogP contribution in [-0.4, -0.2) is 15.1 Å². The van der Waals surface area contributed by atoms with Gasteiger partial charge in [-0.25, -0.2) is 9.97 Å². The highest BCUT2D eigenvalue weighted by Crippen LogP contribution is 2.13. The molecule has 0 spiro atoms. The molecule has 116 valence electrons. The Morgan fingerprint density at radius 3 is 2.13 bits per heavy atom. The molecule has 0 amide bonds. The summed E-state index contributed by atoms with van der Waals surface area (Å²) in [5.41, 5.74) is 4.11. The fourth-order valence-corrected chi connectivity index (χ4v) is 2.41. The summed E-state index contributed by atoms with van der Waals surface area (Å²) in [6.45, 7) is 1.46. The van der Waals surface area contributed by atoms with Crippen LogP contribution in [0.25, 0.3) is 11.4 Å². The minimum atomic E-state index is 0.0622. The first-order valence-corrected chi connectivity index (χ1v) is 7.61. The zero-order valence-electron chi connectivity index (χ0n) is 12.8. The molecule has 2 aromatic carbocycles. The summed E-state index contributed by atoms with van der Waals surface area (Å²) >= 11 is 0. The third-order valence-corrected chi connectivity index (χ3v) is 3.67. The molecule has 0 aliphatic heterocycles. The number of hydrogen-bond donors (Lipinski definition) is 2. The average molecular weight is 305 g/mol. The Morgan fingerprint density at radius 1 is 0.783 bits per heavy atom. The molecule has 0 saturated heterocycles. The van der Waals surface area contributed by atoms with Gasteiger partial charge in [0.2, 0.25) is 0 Å². The number of aliphatic hydroxyl groups excluding tert-OH is 1. The van der Waals surface area contributed by atoms with Gasteiger partial charge in [0.05, 0.1) is 6.61 Å². The fraction of sp³-hybridized carbons (Fsp3) is 0.158. The van der Waals surface area contributed by atoms with E-state index in [1.807, 2.05) is 67.0 Å². The van der Waals surface area contributed by atoms with Gasteiger partial charge in [-0.2, -0.15) is 0 Å². The number of nitrogens with zero attached hydrogens (tertiary/aromatic N) is 2. The highest BCUT2D eigenvalue weighted by molar-refractivity contribution is 5.53. The van der Waals surface area contributed by atoms with E-state index in [0.29, 0.717) is 13.1 Å². The SMILES string of the molecule is OCc1ccccc1CNCc1cnc(-c2ccccc2)nc1. The maximum atomic E-state index is 9.33. The van der Waals surface area contributed by atoms with Crippen LogP contribution in [0.1, 0.15) is 16.7 Å². The maximum Gasteiger partial charge on any atom is 0.159 e. The van der Waals surface area contributed by atoms with E-state index in [4.69, 9.17) is 0 Å². The van der Waals surface area contributed by atoms with Crippen LogP contribution in [0.15, 0.2) is 67.0 Å². The predicted molar refractivity (Wildman–Crippen MR) is 90.4 cm³/mol. The lowest BCUT2D eigenvalue weighted by molar-refractivity contribution is 0.280. The molecular formula is C19H19N3O. The lowest BCUT2D eigenvalue weighted by Gasteiger charge is -2.09. The monoisotopic (exact) mass is 305 g/mol. The van der Waals surface area contributed by atoms with Gasteiger partial charge < -0.3 is 10.4 Å². The predicted octanol–water partition coefficient (Wildman–Crippen LogP) is 2.93. The standard InChI is InChI=1S/C19H19N3O/c23-14-18-9-5-4-8-17(18)13-20-10-15-11-21-19(22-12-15)16-6-2-1-3-7-16/h1-9,11-12,20,23H,10,13-14H2. The van der Waals surface area contributed by atoms with Gasteiger partial charge in [0.15, 0.2) is 5.82 Å². The molecule has 0 fully saturated rings. The van der Waals surface area contributed by atoms with Crippen molar-refractivity contribution in [3.8, 4) is 11.4 Å². The van der Waals surface area contributed by atoms with E-state index in [2.05, 4.69) is 15.3 Å². The third kappa shape index (κ3) is 4.00. The summed E-state index contributed by atoms with van der Waals surface area (Å²) in [5.74, 6) is 0.736. The van der Waals surface area contributed by atoms with Crippen LogP contribution in [0, 0.1) is 0 Å². The Kier molecular flexibility index (Phi) is 5.09. The second-order valence-electron chi connectivity index (χ2n) is 5.31. The van der Waals surface area contributed by atoms with E-state index < -0.39 is 0 Å². The number of nitrogens with one attached hydrogen (secondary N) is 1. The first-order chi connectivity index (χ1) is 11.4. The van der Waals surface area contributed by atoms with Gasteiger partial charge in [-0.15, -0.1) is 0 Å². The summed E-state index contributed by atoms with van der Waals surface area (Å²) in [5, 5.41) is 12.7. The van der Waals surface area contributed by atoms with Crippen LogP contribution in [-0.2, 0) is 19.7 Å². The van der Waals surface area contributed by atoms with E-state index in [1.54, 1.807) is 0 Å². The van der Waals surface area contributed by atoms with Gasteiger partial charge in [-0.1, -0.05) is 54.6 Å². The Hall–Kier alpha value is -2.56. The highest BCUT2D eigenvalue weighted by atomic mass is 16.3. The summed E-state index contributed by atoms with van der Waals surface area (Å²) in [4.78, 5) is 8.83. The quantitative estimate of drug-likeness (QED) is 0.735. The molecule has 3 rings (SSSR count). The molecule has 2 N–H and O–H groups in total. The molecule has 1 heterocycles. The van der Waals surface area contributed by atoms with Gasteiger partial charge in [0.25, 0.3) is 0 Å². The number of benzene rings is 2. The molecular weight excluding hydrogens is 286 g/mol. The third-order valence-electron chi connectivity index (χ3n) is 3.67. The molecule has 4 nitrogen and oxygen atoms in total. The Morgan fingerprint density at radius 2 is 1.43 bits per heavy atom. The molecule has 0 unspecified atom stereocenters. The van der Waals surface area contributed by atoms with Crippen LogP contribution in [0.5, 0.6) is 0 Å². The van der Waals surface area contributed by atoms with E-state index in [0.717, 1.165) is 28.1 Å². The Bertz CT molecular complexity index is 742. The van der Waals surface area contributed by atoms with Gasteiger partial charge in [-0.05, 0) is 11.1 Å². The summed E-state index contributed by atoms with van der Waals surface area (Å²) in [6.07, 6.45) is 3.70. The molecule has 0 atom stereocenters. The summed E-state index contributed by atoms with van der Waals surface area (Å²) in [6, 6.07) is 17.8. The molecule has 4 heteroatoms. The Balaban J connectivity index is 1.59. The number of rotatable bonds is 6.